The van der Waals surface area contributed by atoms with E-state index in [0.717, 1.165) is 0 Å². The Morgan fingerprint density at radius 1 is 0.585 bits per heavy atom. The van der Waals surface area contributed by atoms with Crippen LogP contribution in [0.2, 0.25) is 0 Å². The molecule has 0 spiro atoms. The number of hydrogen-bond donors (Lipinski definition) is 0. The summed E-state index contributed by atoms with van der Waals surface area (Å²) in [6.45, 7) is 9.95. The van der Waals surface area contributed by atoms with E-state index in [4.69, 9.17) is 25.1 Å². The Bertz CT molecular complexity index is 664. The van der Waals surface area contributed by atoms with Gasteiger partial charge in [-0.3, -0.25) is 0 Å². The molecule has 0 aromatic rings. The quantitative estimate of drug-likeness (QED) is 0.0558. The van der Waals surface area contributed by atoms with Crippen LogP contribution in [0, 0.1) is 47.3 Å². The molecule has 1 rings (SSSR count). The van der Waals surface area contributed by atoms with Crippen molar-refractivity contribution < 1.29 is 86.4 Å². The predicted molar refractivity (Wildman–Crippen MR) is 137 cm³/mol. The molecule has 0 aromatic heterocycles. The Balaban J connectivity index is -0.0000000722. The molecule has 1 saturated carbocycles. The van der Waals surface area contributed by atoms with Gasteiger partial charge in [0.25, 0.3) is 0 Å². The van der Waals surface area contributed by atoms with Crippen LogP contribution in [-0.2, 0) is 86.4 Å². The monoisotopic (exact) mass is 774 g/mol. The van der Waals surface area contributed by atoms with E-state index in [-0.39, 0.29) is 36.3 Å². The van der Waals surface area contributed by atoms with Crippen molar-refractivity contribution in [3.63, 3.8) is 0 Å². The van der Waals surface area contributed by atoms with E-state index < -0.39 is 24.8 Å². The molecule has 0 N–H and O–H groups in total. The molecule has 0 aliphatic heterocycles. The second-order valence-corrected chi connectivity index (χ2v) is 9.48. The maximum atomic E-state index is 10.4. The summed E-state index contributed by atoms with van der Waals surface area (Å²) in [5, 5.41) is 24.2. The van der Waals surface area contributed by atoms with Crippen molar-refractivity contribution in [1.29, 1.82) is 15.8 Å². The number of nitrogens with zero attached hydrogens (tertiary/aromatic N) is 3. The minimum Gasteiger partial charge on any atom is 0 e. The molecule has 41 heavy (non-hydrogen) atoms. The molecule has 0 bridgehead atoms. The summed E-state index contributed by atoms with van der Waals surface area (Å²) in [7, 11) is -1.94. The van der Waals surface area contributed by atoms with Gasteiger partial charge in [0, 0.05) is 69.2 Å². The minimum absolute atomic E-state index is 0. The van der Waals surface area contributed by atoms with Crippen molar-refractivity contribution in [2.75, 3.05) is 41.2 Å². The summed E-state index contributed by atoms with van der Waals surface area (Å²) in [5.74, 6) is 0. The molecule has 1 aliphatic carbocycles. The molecule has 19 heteroatoms. The molecular formula is C22H37CoN3O11P3Rh+3. The molecule has 236 valence electrons. The predicted octanol–water partition coefficient (Wildman–Crippen LogP) is 6.70. The van der Waals surface area contributed by atoms with Crippen molar-refractivity contribution >= 4 is 24.8 Å². The smallest absolute Gasteiger partial charge is 0 e. The van der Waals surface area contributed by atoms with Crippen LogP contribution < -0.4 is 0 Å². The Morgan fingerprint density at radius 3 is 0.927 bits per heavy atom. The van der Waals surface area contributed by atoms with E-state index in [1.54, 1.807) is 0 Å². The Kier molecular flexibility index (Phi) is 80.2. The molecule has 0 heterocycles. The van der Waals surface area contributed by atoms with Crippen LogP contribution in [0.3, 0.4) is 0 Å². The van der Waals surface area contributed by atoms with Crippen LogP contribution in [0.5, 0.6) is 0 Å². The summed E-state index contributed by atoms with van der Waals surface area (Å²) < 4.78 is 73.1. The van der Waals surface area contributed by atoms with Gasteiger partial charge in [0.05, 0.1) is 39.5 Å². The Hall–Kier alpha value is -0.860. The fourth-order valence-electron chi connectivity index (χ4n) is 1.91. The summed E-state index contributed by atoms with van der Waals surface area (Å²) in [6, 6.07) is 5.83. The summed E-state index contributed by atoms with van der Waals surface area (Å²) >= 11 is 0. The van der Waals surface area contributed by atoms with Crippen molar-refractivity contribution in [3.05, 3.63) is 13.3 Å². The minimum atomic E-state index is -1.95. The SMILES string of the molecule is C1CCCC1.CO[P+](=O)OCCCC#N.CO[P+](=O)OCCCC#N.CO[P+](=O)OCCCC#N.[C-]#[O+].[C-]#[O+].[Co].[Rh]. The van der Waals surface area contributed by atoms with Crippen LogP contribution in [0.4, 0.5) is 0 Å². The van der Waals surface area contributed by atoms with Gasteiger partial charge < -0.3 is 0 Å². The third kappa shape index (κ3) is 68.2. The van der Waals surface area contributed by atoms with Gasteiger partial charge in [-0.2, -0.15) is 15.8 Å². The fraction of sp³-hybridized carbons (Fsp3) is 0.773. The molecule has 0 saturated heterocycles. The van der Waals surface area contributed by atoms with Gasteiger partial charge >= 0.3 is 47.4 Å². The number of rotatable bonds is 15. The van der Waals surface area contributed by atoms with E-state index in [2.05, 4.69) is 40.4 Å². The van der Waals surface area contributed by atoms with Gasteiger partial charge in [-0.25, -0.2) is 0 Å². The molecule has 1 aliphatic rings. The van der Waals surface area contributed by atoms with Gasteiger partial charge in [0.2, 0.25) is 0 Å². The summed E-state index contributed by atoms with van der Waals surface area (Å²) in [4.78, 5) is 0. The second kappa shape index (κ2) is 58.7. The van der Waals surface area contributed by atoms with E-state index in [1.165, 1.54) is 53.4 Å². The first-order valence-electron chi connectivity index (χ1n) is 11.4. The summed E-state index contributed by atoms with van der Waals surface area (Å²) in [6.07, 6.45) is 10.6. The zero-order valence-corrected chi connectivity index (χ0v) is 28.6. The molecule has 1 fully saturated rings. The largest absolute Gasteiger partial charge is 0 e. The van der Waals surface area contributed by atoms with Crippen LogP contribution in [0.15, 0.2) is 0 Å². The molecule has 3 atom stereocenters. The summed E-state index contributed by atoms with van der Waals surface area (Å²) in [5.41, 5.74) is 0. The van der Waals surface area contributed by atoms with E-state index in [1.807, 2.05) is 18.2 Å². The first kappa shape index (κ1) is 56.0. The molecule has 3 unspecified atom stereocenters. The fourth-order valence-corrected chi connectivity index (χ4v) is 3.06. The first-order valence-corrected chi connectivity index (χ1v) is 14.7. The molecule has 0 amide bonds. The van der Waals surface area contributed by atoms with E-state index in [0.29, 0.717) is 58.3 Å². The average Bonchev–Trinajstić information content (AvgIpc) is 3.59. The average molecular weight is 774 g/mol. The van der Waals surface area contributed by atoms with Gasteiger partial charge in [0.1, 0.15) is 19.8 Å². The van der Waals surface area contributed by atoms with E-state index in [9.17, 15) is 13.7 Å². The van der Waals surface area contributed by atoms with E-state index >= 15 is 0 Å². The van der Waals surface area contributed by atoms with Crippen molar-refractivity contribution in [1.82, 2.24) is 0 Å². The van der Waals surface area contributed by atoms with Crippen LogP contribution in [-0.4, -0.2) is 41.2 Å². The first-order chi connectivity index (χ1) is 18.9. The van der Waals surface area contributed by atoms with Gasteiger partial charge in [-0.05, 0) is 19.3 Å². The number of unbranched alkanes of at least 4 members (excludes halogenated alkanes) is 3. The Labute approximate surface area is 269 Å². The van der Waals surface area contributed by atoms with Crippen LogP contribution in [0.25, 0.3) is 0 Å². The van der Waals surface area contributed by atoms with Gasteiger partial charge in [-0.15, -0.1) is 27.1 Å². The Morgan fingerprint density at radius 2 is 0.780 bits per heavy atom. The second-order valence-electron chi connectivity index (χ2n) is 6.27. The van der Waals surface area contributed by atoms with Crippen LogP contribution >= 0.6 is 24.8 Å². The van der Waals surface area contributed by atoms with Crippen molar-refractivity contribution in [2.45, 2.75) is 70.6 Å². The topological polar surface area (TPSA) is 218 Å². The van der Waals surface area contributed by atoms with Crippen molar-refractivity contribution in [3.8, 4) is 18.2 Å². The third-order valence-corrected chi connectivity index (χ3v) is 5.66. The van der Waals surface area contributed by atoms with Gasteiger partial charge in [0.15, 0.2) is 0 Å². The van der Waals surface area contributed by atoms with Crippen molar-refractivity contribution in [2.24, 2.45) is 0 Å². The number of nitriles is 3. The molecule has 14 nitrogen and oxygen atoms in total. The van der Waals surface area contributed by atoms with Gasteiger partial charge in [-0.1, -0.05) is 32.1 Å². The standard InChI is InChI=1S/3C5H9NO3P.C5H10.2CO.Co.Rh/c3*1-8-10(7)9-5-3-2-4-6;1-2-4-5-3-1;2*1-2;;/h3*2-3,5H2,1H3;1-5H2;;;;/q3*+1;;;;;. The zero-order chi connectivity index (χ0) is 31.0. The maximum absolute atomic E-state index is 10.4. The normalized spacial score (nSPS) is 10.8. The third-order valence-electron chi connectivity index (χ3n) is 3.59. The molecular weight excluding hydrogens is 737 g/mol. The zero-order valence-electron chi connectivity index (χ0n) is 23.2. The molecule has 2 radical (unpaired) electrons. The molecule has 0 aromatic carbocycles. The maximum Gasteiger partial charge on any atom is 0 e. The van der Waals surface area contributed by atoms with Crippen LogP contribution in [0.1, 0.15) is 70.6 Å². The number of hydrogen-bond acceptors (Lipinski definition) is 12.